The molecule has 0 radical (unpaired) electrons. The number of carbonyl (C=O) groups is 1. The van der Waals surface area contributed by atoms with E-state index in [1.54, 1.807) is 0 Å². The molecule has 2 nitrogen and oxygen atoms in total. The predicted octanol–water partition coefficient (Wildman–Crippen LogP) is 4.40. The zero-order valence-electron chi connectivity index (χ0n) is 13.6. The van der Waals surface area contributed by atoms with Gasteiger partial charge in [0.25, 0.3) is 0 Å². The Hall–Kier alpha value is -1.15. The van der Waals surface area contributed by atoms with Gasteiger partial charge in [-0.15, -0.1) is 0 Å². The van der Waals surface area contributed by atoms with Gasteiger partial charge in [0.15, 0.2) is 5.78 Å². The van der Waals surface area contributed by atoms with Gasteiger partial charge in [0.2, 0.25) is 0 Å². The highest BCUT2D eigenvalue weighted by molar-refractivity contribution is 5.99. The van der Waals surface area contributed by atoms with Crippen molar-refractivity contribution in [2.24, 2.45) is 5.92 Å². The molecule has 1 rings (SSSR count). The molecule has 0 N–H and O–H groups in total. The van der Waals surface area contributed by atoms with E-state index in [0.717, 1.165) is 24.9 Å². The second kappa shape index (κ2) is 8.21. The smallest absolute Gasteiger partial charge is 0.179 e. The first-order chi connectivity index (χ1) is 9.51. The Balaban J connectivity index is 2.92. The highest BCUT2D eigenvalue weighted by atomic mass is 16.1. The second-order valence-electron chi connectivity index (χ2n) is 5.97. The SMILES string of the molecule is CCC(CC)N(CC(C)C)C(C)C(=O)c1ccccc1. The summed E-state index contributed by atoms with van der Waals surface area (Å²) in [5.41, 5.74) is 0.819. The van der Waals surface area contributed by atoms with Crippen LogP contribution in [0.3, 0.4) is 0 Å². The number of hydrogen-bond acceptors (Lipinski definition) is 2. The number of hydrogen-bond donors (Lipinski definition) is 0. The van der Waals surface area contributed by atoms with Gasteiger partial charge < -0.3 is 0 Å². The van der Waals surface area contributed by atoms with Crippen molar-refractivity contribution in [1.29, 1.82) is 0 Å². The van der Waals surface area contributed by atoms with Gasteiger partial charge in [0, 0.05) is 18.2 Å². The molecule has 0 bridgehead atoms. The molecule has 0 aliphatic heterocycles. The molecule has 2 heteroatoms. The van der Waals surface area contributed by atoms with Crippen LogP contribution >= 0.6 is 0 Å². The van der Waals surface area contributed by atoms with Crippen LogP contribution in [0.15, 0.2) is 30.3 Å². The van der Waals surface area contributed by atoms with Crippen LogP contribution in [-0.4, -0.2) is 29.3 Å². The number of Topliss-reactive ketones (excluding diaryl/α,β-unsaturated/α-hetero) is 1. The molecule has 0 saturated carbocycles. The van der Waals surface area contributed by atoms with E-state index in [1.807, 2.05) is 30.3 Å². The fraction of sp³-hybridized carbons (Fsp3) is 0.611. The van der Waals surface area contributed by atoms with Crippen LogP contribution in [0.25, 0.3) is 0 Å². The molecule has 0 saturated heterocycles. The van der Waals surface area contributed by atoms with Crippen LogP contribution in [0.5, 0.6) is 0 Å². The molecule has 20 heavy (non-hydrogen) atoms. The molecule has 0 amide bonds. The lowest BCUT2D eigenvalue weighted by atomic mass is 9.99. The normalized spacial score (nSPS) is 13.2. The lowest BCUT2D eigenvalue weighted by Gasteiger charge is -2.36. The van der Waals surface area contributed by atoms with Gasteiger partial charge in [0.1, 0.15) is 0 Å². The van der Waals surface area contributed by atoms with E-state index in [0.29, 0.717) is 12.0 Å². The molecular weight excluding hydrogens is 246 g/mol. The van der Waals surface area contributed by atoms with E-state index in [2.05, 4.69) is 39.5 Å². The third kappa shape index (κ3) is 4.45. The van der Waals surface area contributed by atoms with E-state index >= 15 is 0 Å². The molecular formula is C18H29NO. The van der Waals surface area contributed by atoms with Gasteiger partial charge in [-0.25, -0.2) is 0 Å². The maximum atomic E-state index is 12.7. The van der Waals surface area contributed by atoms with E-state index in [1.165, 1.54) is 0 Å². The lowest BCUT2D eigenvalue weighted by Crippen LogP contribution is -2.47. The van der Waals surface area contributed by atoms with Gasteiger partial charge in [-0.3, -0.25) is 9.69 Å². The Bertz CT molecular complexity index is 395. The number of benzene rings is 1. The van der Waals surface area contributed by atoms with Gasteiger partial charge in [-0.1, -0.05) is 58.0 Å². The van der Waals surface area contributed by atoms with Crippen molar-refractivity contribution in [3.8, 4) is 0 Å². The summed E-state index contributed by atoms with van der Waals surface area (Å²) in [6, 6.07) is 10.1. The van der Waals surface area contributed by atoms with Crippen molar-refractivity contribution >= 4 is 5.78 Å². The van der Waals surface area contributed by atoms with Crippen molar-refractivity contribution in [1.82, 2.24) is 4.90 Å². The maximum Gasteiger partial charge on any atom is 0.179 e. The molecule has 0 fully saturated rings. The Morgan fingerprint density at radius 3 is 2.05 bits per heavy atom. The number of nitrogens with zero attached hydrogens (tertiary/aromatic N) is 1. The zero-order chi connectivity index (χ0) is 15.1. The van der Waals surface area contributed by atoms with Crippen molar-refractivity contribution in [2.75, 3.05) is 6.54 Å². The van der Waals surface area contributed by atoms with Crippen LogP contribution in [0.4, 0.5) is 0 Å². The second-order valence-corrected chi connectivity index (χ2v) is 5.97. The van der Waals surface area contributed by atoms with Gasteiger partial charge in [0.05, 0.1) is 6.04 Å². The van der Waals surface area contributed by atoms with Crippen LogP contribution in [0, 0.1) is 5.92 Å². The van der Waals surface area contributed by atoms with E-state index in [-0.39, 0.29) is 11.8 Å². The molecule has 1 aromatic rings. The minimum atomic E-state index is -0.0512. The first-order valence-electron chi connectivity index (χ1n) is 7.86. The molecule has 0 heterocycles. The summed E-state index contributed by atoms with van der Waals surface area (Å²) in [6.07, 6.45) is 2.19. The van der Waals surface area contributed by atoms with Crippen LogP contribution < -0.4 is 0 Å². The quantitative estimate of drug-likeness (QED) is 0.655. The molecule has 1 unspecified atom stereocenters. The standard InChI is InChI=1S/C18H29NO/c1-6-17(7-2)19(13-14(3)4)15(5)18(20)16-11-9-8-10-12-16/h8-12,14-15,17H,6-7,13H2,1-5H3. The van der Waals surface area contributed by atoms with Gasteiger partial charge >= 0.3 is 0 Å². The Labute approximate surface area is 124 Å². The summed E-state index contributed by atoms with van der Waals surface area (Å²) in [5.74, 6) is 0.805. The lowest BCUT2D eigenvalue weighted by molar-refractivity contribution is 0.0711. The average molecular weight is 275 g/mol. The van der Waals surface area contributed by atoms with Crippen LogP contribution in [0.2, 0.25) is 0 Å². The third-order valence-electron chi connectivity index (χ3n) is 3.92. The predicted molar refractivity (Wildman–Crippen MR) is 86.1 cm³/mol. The molecule has 1 aromatic carbocycles. The van der Waals surface area contributed by atoms with Crippen molar-refractivity contribution < 1.29 is 4.79 Å². The van der Waals surface area contributed by atoms with Crippen molar-refractivity contribution in [3.63, 3.8) is 0 Å². The fourth-order valence-corrected chi connectivity index (χ4v) is 2.80. The van der Waals surface area contributed by atoms with Crippen molar-refractivity contribution in [2.45, 2.75) is 59.5 Å². The monoisotopic (exact) mass is 275 g/mol. The summed E-state index contributed by atoms with van der Waals surface area (Å²) in [6.45, 7) is 11.9. The number of ketones is 1. The fourth-order valence-electron chi connectivity index (χ4n) is 2.80. The van der Waals surface area contributed by atoms with Crippen LogP contribution in [0.1, 0.15) is 57.8 Å². The minimum absolute atomic E-state index is 0.0512. The van der Waals surface area contributed by atoms with Gasteiger partial charge in [-0.2, -0.15) is 0 Å². The topological polar surface area (TPSA) is 20.3 Å². The van der Waals surface area contributed by atoms with Gasteiger partial charge in [-0.05, 0) is 25.7 Å². The summed E-state index contributed by atoms with van der Waals surface area (Å²) in [5, 5.41) is 0. The summed E-state index contributed by atoms with van der Waals surface area (Å²) < 4.78 is 0. The van der Waals surface area contributed by atoms with Crippen LogP contribution in [-0.2, 0) is 0 Å². The maximum absolute atomic E-state index is 12.7. The van der Waals surface area contributed by atoms with E-state index in [4.69, 9.17) is 0 Å². The van der Waals surface area contributed by atoms with E-state index in [9.17, 15) is 4.79 Å². The average Bonchev–Trinajstić information content (AvgIpc) is 2.46. The Morgan fingerprint density at radius 2 is 1.60 bits per heavy atom. The summed E-state index contributed by atoms with van der Waals surface area (Å²) in [7, 11) is 0. The Kier molecular flexibility index (Phi) is 6.94. The zero-order valence-corrected chi connectivity index (χ0v) is 13.6. The number of rotatable bonds is 8. The molecule has 1 atom stereocenters. The summed E-state index contributed by atoms with van der Waals surface area (Å²) in [4.78, 5) is 15.1. The largest absolute Gasteiger partial charge is 0.292 e. The Morgan fingerprint density at radius 1 is 1.05 bits per heavy atom. The highest BCUT2D eigenvalue weighted by Crippen LogP contribution is 2.18. The first kappa shape index (κ1) is 16.9. The van der Waals surface area contributed by atoms with E-state index < -0.39 is 0 Å². The third-order valence-corrected chi connectivity index (χ3v) is 3.92. The van der Waals surface area contributed by atoms with Crippen molar-refractivity contribution in [3.05, 3.63) is 35.9 Å². The molecule has 0 spiro atoms. The summed E-state index contributed by atoms with van der Waals surface area (Å²) >= 11 is 0. The molecule has 0 aliphatic rings. The molecule has 0 aliphatic carbocycles. The highest BCUT2D eigenvalue weighted by Gasteiger charge is 2.27. The minimum Gasteiger partial charge on any atom is -0.292 e. The molecule has 0 aromatic heterocycles. The first-order valence-corrected chi connectivity index (χ1v) is 7.86. The number of carbonyl (C=O) groups excluding carboxylic acids is 1. The molecule has 112 valence electrons.